The molecule has 0 aliphatic carbocycles. The Morgan fingerprint density at radius 1 is 1.20 bits per heavy atom. The average molecular weight is 441 g/mol. The van der Waals surface area contributed by atoms with E-state index in [0.717, 1.165) is 6.34 Å². The molecule has 30 heavy (non-hydrogen) atoms. The van der Waals surface area contributed by atoms with Crippen LogP contribution in [0.25, 0.3) is 0 Å². The van der Waals surface area contributed by atoms with Crippen LogP contribution >= 0.6 is 0 Å². The van der Waals surface area contributed by atoms with E-state index in [-0.39, 0.29) is 11.5 Å². The van der Waals surface area contributed by atoms with Crippen LogP contribution in [0, 0.1) is 12.3 Å². The molecule has 3 heterocycles. The molecule has 0 amide bonds. The number of nitrogens with zero attached hydrogens (tertiary/aromatic N) is 5. The van der Waals surface area contributed by atoms with Crippen LogP contribution in [0.4, 0.5) is 32.3 Å². The molecule has 0 bridgehead atoms. The monoisotopic (exact) mass is 441 g/mol. The highest BCUT2D eigenvalue weighted by Gasteiger charge is 2.60. The van der Waals surface area contributed by atoms with E-state index in [9.17, 15) is 31.1 Å². The first kappa shape index (κ1) is 23.5. The molecule has 1 aromatic rings. The molecule has 1 unspecified atom stereocenters. The van der Waals surface area contributed by atoms with Gasteiger partial charge in [0.25, 0.3) is 0 Å². The second-order valence-electron chi connectivity index (χ2n) is 6.31. The highest BCUT2D eigenvalue weighted by Crippen LogP contribution is 2.38. The fraction of sp³-hybridized carbons (Fsp3) is 0.562. The Morgan fingerprint density at radius 2 is 1.83 bits per heavy atom. The van der Waals surface area contributed by atoms with Gasteiger partial charge in [-0.3, -0.25) is 9.79 Å². The number of carboxylic acids is 1. The van der Waals surface area contributed by atoms with E-state index in [1.54, 1.807) is 4.90 Å². The number of anilines is 1. The molecule has 0 radical (unpaired) electrons. The van der Waals surface area contributed by atoms with Gasteiger partial charge in [-0.2, -0.15) is 26.3 Å². The molecule has 1 atom stereocenters. The first-order valence-corrected chi connectivity index (χ1v) is 8.45. The molecule has 1 fully saturated rings. The van der Waals surface area contributed by atoms with Crippen molar-refractivity contribution in [3.63, 3.8) is 0 Å². The minimum atomic E-state index is -4.87. The van der Waals surface area contributed by atoms with Crippen molar-refractivity contribution in [1.29, 1.82) is 0 Å². The molecule has 1 N–H and O–H groups in total. The summed E-state index contributed by atoms with van der Waals surface area (Å²) in [6.45, 7) is 2.50. The standard InChI is InChI=1S/C10H12F3N3O.C6H5F3N2O2/c1-7-6-14-9(15-8(7)10(11,12)13)16-2-4-17-5-3-16;7-6(8,9)5(4(12)13)1-10-3-11-2-5/h6H,2-5H2,1H3;1,3H,2H2,(H,12,13). The second kappa shape index (κ2) is 8.93. The normalized spacial score (nSPS) is 21.8. The van der Waals surface area contributed by atoms with Gasteiger partial charge < -0.3 is 14.7 Å². The van der Waals surface area contributed by atoms with Crippen molar-refractivity contribution in [3.05, 3.63) is 17.5 Å². The number of aryl methyl sites for hydroxylation is 1. The molecule has 0 spiro atoms. The zero-order valence-corrected chi connectivity index (χ0v) is 15.5. The maximum Gasteiger partial charge on any atom is 0.433 e. The van der Waals surface area contributed by atoms with Crippen LogP contribution in [-0.4, -0.2) is 72.6 Å². The summed E-state index contributed by atoms with van der Waals surface area (Å²) in [5, 5.41) is 8.44. The number of halogens is 6. The van der Waals surface area contributed by atoms with Gasteiger partial charge in [-0.25, -0.2) is 15.0 Å². The molecule has 2 aliphatic rings. The van der Waals surface area contributed by atoms with Crippen molar-refractivity contribution in [1.82, 2.24) is 9.97 Å². The van der Waals surface area contributed by atoms with E-state index in [2.05, 4.69) is 20.0 Å². The van der Waals surface area contributed by atoms with Gasteiger partial charge in [-0.15, -0.1) is 0 Å². The predicted octanol–water partition coefficient (Wildman–Crippen LogP) is 2.37. The number of aliphatic carboxylic acids is 1. The van der Waals surface area contributed by atoms with Gasteiger partial charge in [0.05, 0.1) is 19.8 Å². The Labute approximate surface area is 166 Å². The van der Waals surface area contributed by atoms with E-state index in [1.807, 2.05) is 0 Å². The summed E-state index contributed by atoms with van der Waals surface area (Å²) in [5.41, 5.74) is -3.79. The molecule has 0 aromatic carbocycles. The summed E-state index contributed by atoms with van der Waals surface area (Å²) in [7, 11) is 0. The van der Waals surface area contributed by atoms with E-state index in [1.165, 1.54) is 13.1 Å². The fourth-order valence-electron chi connectivity index (χ4n) is 2.48. The summed E-state index contributed by atoms with van der Waals surface area (Å²) < 4.78 is 80.0. The smallest absolute Gasteiger partial charge is 0.433 e. The topological polar surface area (TPSA) is 100 Å². The summed E-state index contributed by atoms with van der Waals surface area (Å²) in [4.78, 5) is 26.0. The molecule has 166 valence electrons. The van der Waals surface area contributed by atoms with Crippen LogP contribution in [0.2, 0.25) is 0 Å². The van der Waals surface area contributed by atoms with E-state index >= 15 is 0 Å². The minimum absolute atomic E-state index is 0.0366. The summed E-state index contributed by atoms with van der Waals surface area (Å²) in [6, 6.07) is 0. The number of morpholine rings is 1. The third-order valence-corrected chi connectivity index (χ3v) is 4.19. The number of aromatic nitrogens is 2. The van der Waals surface area contributed by atoms with Crippen LogP contribution < -0.4 is 4.90 Å². The molecule has 8 nitrogen and oxygen atoms in total. The number of carboxylic acid groups (broad SMARTS) is 1. The maximum absolute atomic E-state index is 12.7. The minimum Gasteiger partial charge on any atom is -0.480 e. The number of carbonyl (C=O) groups is 1. The molecular formula is C16H17F6N5O3. The Morgan fingerprint density at radius 3 is 2.27 bits per heavy atom. The Hall–Kier alpha value is -2.77. The van der Waals surface area contributed by atoms with Crippen LogP contribution in [-0.2, 0) is 15.7 Å². The van der Waals surface area contributed by atoms with Gasteiger partial charge in [0.1, 0.15) is 6.34 Å². The lowest BCUT2D eigenvalue weighted by molar-refractivity contribution is -0.207. The van der Waals surface area contributed by atoms with Crippen LogP contribution in [0.1, 0.15) is 11.3 Å². The Kier molecular flexibility index (Phi) is 7.00. The summed E-state index contributed by atoms with van der Waals surface area (Å²) in [6.07, 6.45) is -6.84. The molecule has 1 saturated heterocycles. The summed E-state index contributed by atoms with van der Waals surface area (Å²) in [5.74, 6) is -1.87. The fourth-order valence-corrected chi connectivity index (χ4v) is 2.48. The third-order valence-electron chi connectivity index (χ3n) is 4.19. The number of hydrogen-bond donors (Lipinski definition) is 1. The zero-order chi connectivity index (χ0) is 22.6. The van der Waals surface area contributed by atoms with Crippen molar-refractivity contribution >= 4 is 24.5 Å². The Balaban J connectivity index is 0.000000222. The van der Waals surface area contributed by atoms with Gasteiger partial charge >= 0.3 is 18.3 Å². The van der Waals surface area contributed by atoms with E-state index in [0.29, 0.717) is 32.5 Å². The van der Waals surface area contributed by atoms with Gasteiger partial charge in [-0.1, -0.05) is 0 Å². The van der Waals surface area contributed by atoms with E-state index in [4.69, 9.17) is 9.84 Å². The third kappa shape index (κ3) is 5.23. The molecule has 14 heteroatoms. The quantitative estimate of drug-likeness (QED) is 0.708. The maximum atomic E-state index is 12.7. The zero-order valence-electron chi connectivity index (χ0n) is 15.5. The lowest BCUT2D eigenvalue weighted by Crippen LogP contribution is -2.49. The first-order valence-electron chi connectivity index (χ1n) is 8.45. The highest BCUT2D eigenvalue weighted by atomic mass is 19.4. The van der Waals surface area contributed by atoms with Crippen molar-refractivity contribution < 1.29 is 41.0 Å². The van der Waals surface area contributed by atoms with Crippen molar-refractivity contribution in [2.24, 2.45) is 15.4 Å². The number of rotatable bonds is 2. The lowest BCUT2D eigenvalue weighted by Gasteiger charge is -2.27. The van der Waals surface area contributed by atoms with Gasteiger partial charge in [-0.05, 0) is 12.5 Å². The van der Waals surface area contributed by atoms with Gasteiger partial charge in [0.2, 0.25) is 11.4 Å². The highest BCUT2D eigenvalue weighted by molar-refractivity contribution is 5.99. The van der Waals surface area contributed by atoms with Crippen molar-refractivity contribution in [2.75, 3.05) is 37.7 Å². The van der Waals surface area contributed by atoms with Gasteiger partial charge in [0, 0.05) is 25.5 Å². The SMILES string of the molecule is Cc1cnc(N2CCOCC2)nc1C(F)(F)F.O=C(O)C1(C(F)(F)F)C=NC=NC1. The first-order chi connectivity index (χ1) is 13.9. The van der Waals surface area contributed by atoms with Crippen LogP contribution in [0.5, 0.6) is 0 Å². The average Bonchev–Trinajstić information content (AvgIpc) is 2.68. The van der Waals surface area contributed by atoms with Crippen LogP contribution in [0.3, 0.4) is 0 Å². The van der Waals surface area contributed by atoms with Crippen LogP contribution in [0.15, 0.2) is 16.2 Å². The van der Waals surface area contributed by atoms with E-state index < -0.39 is 36.0 Å². The molecule has 3 rings (SSSR count). The number of ether oxygens (including phenoxy) is 1. The van der Waals surface area contributed by atoms with Gasteiger partial charge in [0.15, 0.2) is 5.69 Å². The lowest BCUT2D eigenvalue weighted by atomic mass is 9.88. The number of aliphatic imine (C=N–C) groups is 2. The largest absolute Gasteiger partial charge is 0.480 e. The van der Waals surface area contributed by atoms with Crippen molar-refractivity contribution in [2.45, 2.75) is 19.3 Å². The Bertz CT molecular complexity index is 821. The predicted molar refractivity (Wildman–Crippen MR) is 92.8 cm³/mol. The molecule has 2 aliphatic heterocycles. The molecule has 0 saturated carbocycles. The second-order valence-corrected chi connectivity index (χ2v) is 6.31. The number of alkyl halides is 6. The number of hydrogen-bond acceptors (Lipinski definition) is 7. The molecule has 1 aromatic heterocycles. The van der Waals surface area contributed by atoms with Crippen molar-refractivity contribution in [3.8, 4) is 0 Å². The molecular weight excluding hydrogens is 424 g/mol. The summed E-state index contributed by atoms with van der Waals surface area (Å²) >= 11 is 0.